The first-order valence-electron chi connectivity index (χ1n) is 2.86. The van der Waals surface area contributed by atoms with E-state index in [0.717, 1.165) is 0 Å². The van der Waals surface area contributed by atoms with E-state index in [2.05, 4.69) is 11.1 Å². The zero-order chi connectivity index (χ0) is 6.74. The fourth-order valence-corrected chi connectivity index (χ4v) is 0.684. The number of nitriles is 1. The normalized spacial score (nSPS) is 32.0. The summed E-state index contributed by atoms with van der Waals surface area (Å²) in [6.45, 7) is 2.47. The van der Waals surface area contributed by atoms with E-state index in [-0.39, 0.29) is 5.41 Å². The lowest BCUT2D eigenvalue weighted by atomic mass is 9.91. The van der Waals surface area contributed by atoms with E-state index in [1.54, 1.807) is 6.21 Å². The Bertz CT molecular complexity index is 197. The van der Waals surface area contributed by atoms with Crippen LogP contribution in [0, 0.1) is 16.7 Å². The zero-order valence-electron chi connectivity index (χ0n) is 5.33. The first-order chi connectivity index (χ1) is 4.27. The molecule has 0 N–H and O–H groups in total. The molecule has 0 aromatic heterocycles. The van der Waals surface area contributed by atoms with Crippen molar-refractivity contribution in [1.29, 1.82) is 5.26 Å². The molecule has 1 unspecified atom stereocenters. The lowest BCUT2D eigenvalue weighted by molar-refractivity contribution is 0.581. The molecule has 1 aliphatic heterocycles. The minimum Gasteiger partial charge on any atom is -0.291 e. The van der Waals surface area contributed by atoms with Gasteiger partial charge in [0.1, 0.15) is 0 Å². The van der Waals surface area contributed by atoms with Crippen molar-refractivity contribution < 1.29 is 0 Å². The number of nitrogens with zero attached hydrogens (tertiary/aromatic N) is 2. The summed E-state index contributed by atoms with van der Waals surface area (Å²) in [5, 5.41) is 8.58. The summed E-state index contributed by atoms with van der Waals surface area (Å²) >= 11 is 0. The van der Waals surface area contributed by atoms with Crippen LogP contribution in [0.4, 0.5) is 0 Å². The van der Waals surface area contributed by atoms with Crippen molar-refractivity contribution in [2.75, 3.05) is 6.54 Å². The summed E-state index contributed by atoms with van der Waals surface area (Å²) in [5.41, 5.74) is -0.352. The van der Waals surface area contributed by atoms with Crippen LogP contribution >= 0.6 is 0 Å². The molecule has 1 aliphatic rings. The SMILES string of the molecule is CC1(C#N)C=CC=NC1. The van der Waals surface area contributed by atoms with E-state index in [1.807, 2.05) is 19.1 Å². The minimum atomic E-state index is -0.352. The highest BCUT2D eigenvalue weighted by Gasteiger charge is 2.19. The van der Waals surface area contributed by atoms with E-state index in [4.69, 9.17) is 5.26 Å². The third kappa shape index (κ3) is 1.17. The summed E-state index contributed by atoms with van der Waals surface area (Å²) < 4.78 is 0. The quantitative estimate of drug-likeness (QED) is 0.472. The highest BCUT2D eigenvalue weighted by atomic mass is 14.7. The highest BCUT2D eigenvalue weighted by Crippen LogP contribution is 2.18. The molecule has 46 valence electrons. The fourth-order valence-electron chi connectivity index (χ4n) is 0.684. The second-order valence-electron chi connectivity index (χ2n) is 2.38. The molecule has 0 saturated carbocycles. The van der Waals surface area contributed by atoms with Gasteiger partial charge in [-0.25, -0.2) is 0 Å². The number of aliphatic imine (C=N–C) groups is 1. The molecule has 0 aromatic carbocycles. The summed E-state index contributed by atoms with van der Waals surface area (Å²) in [4.78, 5) is 3.97. The maximum Gasteiger partial charge on any atom is 0.0923 e. The molecule has 0 saturated heterocycles. The van der Waals surface area contributed by atoms with Crippen LogP contribution in [-0.2, 0) is 0 Å². The van der Waals surface area contributed by atoms with Gasteiger partial charge in [0.15, 0.2) is 0 Å². The Hall–Kier alpha value is -1.10. The Morgan fingerprint density at radius 1 is 1.78 bits per heavy atom. The van der Waals surface area contributed by atoms with Crippen molar-refractivity contribution in [2.24, 2.45) is 10.4 Å². The molecule has 2 heteroatoms. The van der Waals surface area contributed by atoms with Crippen LogP contribution < -0.4 is 0 Å². The van der Waals surface area contributed by atoms with Gasteiger partial charge in [0.2, 0.25) is 0 Å². The van der Waals surface area contributed by atoms with Crippen LogP contribution in [0.2, 0.25) is 0 Å². The van der Waals surface area contributed by atoms with E-state index < -0.39 is 0 Å². The van der Waals surface area contributed by atoms with E-state index in [0.29, 0.717) is 6.54 Å². The summed E-state index contributed by atoms with van der Waals surface area (Å²) in [5.74, 6) is 0. The van der Waals surface area contributed by atoms with Crippen molar-refractivity contribution in [3.63, 3.8) is 0 Å². The van der Waals surface area contributed by atoms with Gasteiger partial charge in [0, 0.05) is 6.21 Å². The van der Waals surface area contributed by atoms with Crippen molar-refractivity contribution in [3.05, 3.63) is 12.2 Å². The zero-order valence-corrected chi connectivity index (χ0v) is 5.33. The second kappa shape index (κ2) is 2.02. The molecular weight excluding hydrogens is 112 g/mol. The minimum absolute atomic E-state index is 0.352. The Kier molecular flexibility index (Phi) is 1.35. The summed E-state index contributed by atoms with van der Waals surface area (Å²) in [6, 6.07) is 2.18. The van der Waals surface area contributed by atoms with Crippen LogP contribution in [0.15, 0.2) is 17.1 Å². The smallest absolute Gasteiger partial charge is 0.0923 e. The third-order valence-electron chi connectivity index (χ3n) is 1.33. The standard InChI is InChI=1S/C7H8N2/c1-7(5-8)3-2-4-9-6-7/h2-4H,6H2,1H3. The average molecular weight is 120 g/mol. The maximum atomic E-state index is 8.58. The lowest BCUT2D eigenvalue weighted by Gasteiger charge is -2.14. The van der Waals surface area contributed by atoms with Gasteiger partial charge in [0.25, 0.3) is 0 Å². The van der Waals surface area contributed by atoms with Gasteiger partial charge in [0.05, 0.1) is 18.0 Å². The Morgan fingerprint density at radius 2 is 2.56 bits per heavy atom. The van der Waals surface area contributed by atoms with Crippen molar-refractivity contribution in [2.45, 2.75) is 6.92 Å². The van der Waals surface area contributed by atoms with Gasteiger partial charge >= 0.3 is 0 Å². The monoisotopic (exact) mass is 120 g/mol. The molecule has 0 bridgehead atoms. The van der Waals surface area contributed by atoms with Crippen molar-refractivity contribution in [3.8, 4) is 6.07 Å². The van der Waals surface area contributed by atoms with Gasteiger partial charge in [-0.15, -0.1) is 0 Å². The van der Waals surface area contributed by atoms with Gasteiger partial charge in [-0.1, -0.05) is 6.08 Å². The van der Waals surface area contributed by atoms with Gasteiger partial charge in [-0.3, -0.25) is 4.99 Å². The molecule has 1 heterocycles. The van der Waals surface area contributed by atoms with Crippen LogP contribution in [0.3, 0.4) is 0 Å². The Balaban J connectivity index is 2.77. The summed E-state index contributed by atoms with van der Waals surface area (Å²) in [6.07, 6.45) is 5.41. The van der Waals surface area contributed by atoms with Crippen LogP contribution in [0.5, 0.6) is 0 Å². The largest absolute Gasteiger partial charge is 0.291 e. The summed E-state index contributed by atoms with van der Waals surface area (Å²) in [7, 11) is 0. The van der Waals surface area contributed by atoms with Crippen molar-refractivity contribution >= 4 is 6.21 Å². The number of rotatable bonds is 0. The molecule has 0 aliphatic carbocycles. The molecule has 2 nitrogen and oxygen atoms in total. The molecule has 1 rings (SSSR count). The highest BCUT2D eigenvalue weighted by molar-refractivity contribution is 5.72. The molecule has 0 amide bonds. The van der Waals surface area contributed by atoms with Crippen LogP contribution in [-0.4, -0.2) is 12.8 Å². The van der Waals surface area contributed by atoms with E-state index in [1.165, 1.54) is 0 Å². The van der Waals surface area contributed by atoms with Gasteiger partial charge in [-0.05, 0) is 13.0 Å². The Labute approximate surface area is 54.5 Å². The van der Waals surface area contributed by atoms with Gasteiger partial charge < -0.3 is 0 Å². The first-order valence-corrected chi connectivity index (χ1v) is 2.86. The third-order valence-corrected chi connectivity index (χ3v) is 1.33. The predicted octanol–water partition coefficient (Wildman–Crippen LogP) is 1.16. The van der Waals surface area contributed by atoms with Crippen LogP contribution in [0.25, 0.3) is 0 Å². The first kappa shape index (κ1) is 6.03. The molecule has 0 fully saturated rings. The number of hydrogen-bond acceptors (Lipinski definition) is 2. The maximum absolute atomic E-state index is 8.58. The van der Waals surface area contributed by atoms with Gasteiger partial charge in [-0.2, -0.15) is 5.26 Å². The molecule has 0 aromatic rings. The fraction of sp³-hybridized carbons (Fsp3) is 0.429. The van der Waals surface area contributed by atoms with Crippen molar-refractivity contribution in [1.82, 2.24) is 0 Å². The molecular formula is C7H8N2. The average Bonchev–Trinajstić information content (AvgIpc) is 1.90. The van der Waals surface area contributed by atoms with E-state index in [9.17, 15) is 0 Å². The molecule has 1 atom stereocenters. The topological polar surface area (TPSA) is 36.1 Å². The number of dihydropyridines is 1. The van der Waals surface area contributed by atoms with Crippen LogP contribution in [0.1, 0.15) is 6.92 Å². The second-order valence-corrected chi connectivity index (χ2v) is 2.38. The molecule has 0 spiro atoms. The molecule has 0 radical (unpaired) electrons. The lowest BCUT2D eigenvalue weighted by Crippen LogP contribution is -2.16. The number of allylic oxidation sites excluding steroid dienone is 1. The Morgan fingerprint density at radius 3 is 2.89 bits per heavy atom. The van der Waals surface area contributed by atoms with E-state index >= 15 is 0 Å². The molecule has 9 heavy (non-hydrogen) atoms. The predicted molar refractivity (Wildman–Crippen MR) is 36.2 cm³/mol. The number of hydrogen-bond donors (Lipinski definition) is 0.